The van der Waals surface area contributed by atoms with Crippen LogP contribution in [0.1, 0.15) is 20.3 Å². The zero-order valence-electron chi connectivity index (χ0n) is 20.1. The number of hydrogen-bond acceptors (Lipinski definition) is 6. The molecule has 1 saturated heterocycles. The number of carbonyl (C=O) groups excluding carboxylic acids is 1. The Hall–Kier alpha value is -3.00. The van der Waals surface area contributed by atoms with Gasteiger partial charge >= 0.3 is 0 Å². The van der Waals surface area contributed by atoms with Crippen LogP contribution in [0.3, 0.4) is 0 Å². The first-order valence-electron chi connectivity index (χ1n) is 11.8. The molecule has 1 aromatic heterocycles. The van der Waals surface area contributed by atoms with Gasteiger partial charge in [0.15, 0.2) is 5.16 Å². The summed E-state index contributed by atoms with van der Waals surface area (Å²) >= 11 is 1.36. The number of aromatic nitrogens is 2. The number of hydrogen-bond donors (Lipinski definition) is 0. The van der Waals surface area contributed by atoms with Crippen LogP contribution >= 0.6 is 11.8 Å². The molecule has 1 aliphatic heterocycles. The molecule has 0 aliphatic carbocycles. The van der Waals surface area contributed by atoms with Gasteiger partial charge in [0.1, 0.15) is 5.75 Å². The van der Waals surface area contributed by atoms with Crippen molar-refractivity contribution in [3.05, 3.63) is 58.9 Å². The van der Waals surface area contributed by atoms with E-state index in [0.717, 1.165) is 30.9 Å². The first-order valence-corrected chi connectivity index (χ1v) is 12.7. The fourth-order valence-electron chi connectivity index (χ4n) is 4.15. The van der Waals surface area contributed by atoms with Crippen LogP contribution in [0.5, 0.6) is 5.75 Å². The Morgan fingerprint density at radius 3 is 2.50 bits per heavy atom. The molecule has 3 aromatic rings. The molecule has 2 aromatic carbocycles. The summed E-state index contributed by atoms with van der Waals surface area (Å²) in [5.74, 6) is 1.65. The van der Waals surface area contributed by atoms with E-state index in [1.807, 2.05) is 53.4 Å². The van der Waals surface area contributed by atoms with Crippen LogP contribution < -0.4 is 15.2 Å². The van der Waals surface area contributed by atoms with Crippen LogP contribution in [0.2, 0.25) is 0 Å². The van der Waals surface area contributed by atoms with Crippen molar-refractivity contribution in [2.24, 2.45) is 5.92 Å². The number of thioether (sulfide) groups is 1. The number of methoxy groups -OCH3 is 1. The second kappa shape index (κ2) is 11.0. The fourth-order valence-corrected chi connectivity index (χ4v) is 5.08. The molecule has 0 bridgehead atoms. The molecule has 180 valence electrons. The summed E-state index contributed by atoms with van der Waals surface area (Å²) in [6.07, 6.45) is 0.881. The molecule has 1 fully saturated rings. The Morgan fingerprint density at radius 1 is 1.06 bits per heavy atom. The third kappa shape index (κ3) is 5.38. The number of fused-ring (bicyclic) bond motifs is 1. The molecule has 2 heterocycles. The molecule has 0 atom stereocenters. The quantitative estimate of drug-likeness (QED) is 0.360. The minimum absolute atomic E-state index is 0.0355. The van der Waals surface area contributed by atoms with E-state index in [1.54, 1.807) is 11.7 Å². The molecule has 0 saturated carbocycles. The molecule has 34 heavy (non-hydrogen) atoms. The molecule has 8 heteroatoms. The van der Waals surface area contributed by atoms with E-state index in [-0.39, 0.29) is 17.2 Å². The van der Waals surface area contributed by atoms with Crippen LogP contribution in [0.4, 0.5) is 5.69 Å². The highest BCUT2D eigenvalue weighted by Gasteiger charge is 2.23. The smallest absolute Gasteiger partial charge is 0.262 e. The summed E-state index contributed by atoms with van der Waals surface area (Å²) in [6, 6.07) is 15.4. The number of nitrogens with zero attached hydrogens (tertiary/aromatic N) is 4. The van der Waals surface area contributed by atoms with Gasteiger partial charge in [0.2, 0.25) is 5.91 Å². The lowest BCUT2D eigenvalue weighted by Gasteiger charge is -2.36. The fraction of sp³-hybridized carbons (Fsp3) is 0.423. The van der Waals surface area contributed by atoms with Gasteiger partial charge in [-0.3, -0.25) is 14.2 Å². The number of rotatable bonds is 8. The molecule has 7 nitrogen and oxygen atoms in total. The first-order chi connectivity index (χ1) is 16.5. The van der Waals surface area contributed by atoms with Crippen molar-refractivity contribution >= 4 is 34.3 Å². The van der Waals surface area contributed by atoms with E-state index in [2.05, 4.69) is 18.7 Å². The topological polar surface area (TPSA) is 67.7 Å². The molecule has 0 N–H and O–H groups in total. The number of benzene rings is 2. The van der Waals surface area contributed by atoms with Gasteiger partial charge in [-0.1, -0.05) is 49.9 Å². The Bertz CT molecular complexity index is 1200. The third-order valence-electron chi connectivity index (χ3n) is 6.14. The van der Waals surface area contributed by atoms with Crippen LogP contribution in [0.25, 0.3) is 10.9 Å². The Labute approximate surface area is 204 Å². The van der Waals surface area contributed by atoms with Crippen molar-refractivity contribution in [3.8, 4) is 5.75 Å². The minimum Gasteiger partial charge on any atom is -0.495 e. The molecule has 0 spiro atoms. The number of amides is 1. The highest BCUT2D eigenvalue weighted by Crippen LogP contribution is 2.28. The summed E-state index contributed by atoms with van der Waals surface area (Å²) in [7, 11) is 1.68. The molecule has 1 amide bonds. The average Bonchev–Trinajstić information content (AvgIpc) is 2.86. The van der Waals surface area contributed by atoms with Crippen molar-refractivity contribution in [2.75, 3.05) is 43.9 Å². The van der Waals surface area contributed by atoms with Crippen molar-refractivity contribution in [1.29, 1.82) is 0 Å². The van der Waals surface area contributed by atoms with E-state index in [0.29, 0.717) is 41.6 Å². The second-order valence-corrected chi connectivity index (χ2v) is 9.82. The summed E-state index contributed by atoms with van der Waals surface area (Å²) in [5.41, 5.74) is 1.70. The Balaban J connectivity index is 1.43. The van der Waals surface area contributed by atoms with Gasteiger partial charge in [0.25, 0.3) is 5.56 Å². The maximum atomic E-state index is 13.1. The van der Waals surface area contributed by atoms with Crippen molar-refractivity contribution < 1.29 is 9.53 Å². The van der Waals surface area contributed by atoms with Gasteiger partial charge in [0, 0.05) is 32.7 Å². The molecule has 0 unspecified atom stereocenters. The van der Waals surface area contributed by atoms with Gasteiger partial charge in [-0.05, 0) is 36.6 Å². The van der Waals surface area contributed by atoms with Crippen LogP contribution in [0, 0.1) is 5.92 Å². The lowest BCUT2D eigenvalue weighted by molar-refractivity contribution is -0.128. The zero-order valence-corrected chi connectivity index (χ0v) is 20.9. The zero-order chi connectivity index (χ0) is 24.1. The number of ether oxygens (including phenoxy) is 1. The summed E-state index contributed by atoms with van der Waals surface area (Å²) < 4.78 is 7.22. The third-order valence-corrected chi connectivity index (χ3v) is 7.10. The lowest BCUT2D eigenvalue weighted by Crippen LogP contribution is -2.49. The highest BCUT2D eigenvalue weighted by molar-refractivity contribution is 7.99. The second-order valence-electron chi connectivity index (χ2n) is 8.88. The van der Waals surface area contributed by atoms with Gasteiger partial charge < -0.3 is 14.5 Å². The van der Waals surface area contributed by atoms with Gasteiger partial charge in [-0.2, -0.15) is 0 Å². The van der Waals surface area contributed by atoms with Crippen molar-refractivity contribution in [1.82, 2.24) is 14.5 Å². The molecule has 0 radical (unpaired) electrons. The SMILES string of the molecule is COc1ccccc1N1CCN(C(=O)CSc2nc3ccccc3c(=O)n2CCC(C)C)CC1. The molecule has 4 rings (SSSR count). The summed E-state index contributed by atoms with van der Waals surface area (Å²) in [4.78, 5) is 35.0. The van der Waals surface area contributed by atoms with Gasteiger partial charge in [0.05, 0.1) is 29.5 Å². The van der Waals surface area contributed by atoms with E-state index >= 15 is 0 Å². The molecular formula is C26H32N4O3S. The maximum absolute atomic E-state index is 13.1. The monoisotopic (exact) mass is 480 g/mol. The average molecular weight is 481 g/mol. The standard InChI is InChI=1S/C26H32N4O3S/c1-19(2)12-13-30-25(32)20-8-4-5-9-21(20)27-26(30)34-18-24(31)29-16-14-28(15-17-29)22-10-6-7-11-23(22)33-3/h4-11,19H,12-18H2,1-3H3. The minimum atomic E-state index is -0.0355. The van der Waals surface area contributed by atoms with Gasteiger partial charge in [-0.15, -0.1) is 0 Å². The molecule has 1 aliphatic rings. The lowest BCUT2D eigenvalue weighted by atomic mass is 10.1. The van der Waals surface area contributed by atoms with E-state index in [1.165, 1.54) is 11.8 Å². The van der Waals surface area contributed by atoms with Crippen molar-refractivity contribution in [3.63, 3.8) is 0 Å². The van der Waals surface area contributed by atoms with Crippen LogP contribution in [-0.4, -0.2) is 59.4 Å². The van der Waals surface area contributed by atoms with E-state index < -0.39 is 0 Å². The maximum Gasteiger partial charge on any atom is 0.262 e. The predicted molar refractivity (Wildman–Crippen MR) is 138 cm³/mol. The number of piperazine rings is 1. The first kappa shape index (κ1) is 24.1. The van der Waals surface area contributed by atoms with E-state index in [4.69, 9.17) is 9.72 Å². The normalized spacial score (nSPS) is 14.1. The highest BCUT2D eigenvalue weighted by atomic mass is 32.2. The largest absolute Gasteiger partial charge is 0.495 e. The Morgan fingerprint density at radius 2 is 1.76 bits per heavy atom. The van der Waals surface area contributed by atoms with Crippen molar-refractivity contribution in [2.45, 2.75) is 32.0 Å². The molecular weight excluding hydrogens is 448 g/mol. The Kier molecular flexibility index (Phi) is 7.77. The van der Waals surface area contributed by atoms with E-state index in [9.17, 15) is 9.59 Å². The van der Waals surface area contributed by atoms with Crippen LogP contribution in [-0.2, 0) is 11.3 Å². The van der Waals surface area contributed by atoms with Crippen LogP contribution in [0.15, 0.2) is 58.5 Å². The summed E-state index contributed by atoms with van der Waals surface area (Å²) in [5, 5.41) is 1.24. The predicted octanol–water partition coefficient (Wildman–Crippen LogP) is 3.89. The number of carbonyl (C=O) groups is 1. The van der Waals surface area contributed by atoms with Gasteiger partial charge in [-0.25, -0.2) is 4.98 Å². The number of anilines is 1. The number of para-hydroxylation sites is 3. The summed E-state index contributed by atoms with van der Waals surface area (Å²) in [6.45, 7) is 7.70.